The Balaban J connectivity index is 1.91. The zero-order valence-electron chi connectivity index (χ0n) is 10.4. The van der Waals surface area contributed by atoms with Crippen LogP contribution in [0, 0.1) is 5.82 Å². The summed E-state index contributed by atoms with van der Waals surface area (Å²) in [7, 11) is 0. The molecule has 0 radical (unpaired) electrons. The monoisotopic (exact) mass is 354 g/mol. The molecule has 0 aliphatic heterocycles. The van der Waals surface area contributed by atoms with Crippen LogP contribution in [0.3, 0.4) is 0 Å². The van der Waals surface area contributed by atoms with E-state index < -0.39 is 5.82 Å². The van der Waals surface area contributed by atoms with E-state index in [0.717, 1.165) is 9.37 Å². The van der Waals surface area contributed by atoms with Gasteiger partial charge in [-0.25, -0.2) is 4.39 Å². The molecule has 1 amide bonds. The van der Waals surface area contributed by atoms with Gasteiger partial charge in [-0.2, -0.15) is 0 Å². The van der Waals surface area contributed by atoms with Crippen molar-refractivity contribution in [2.75, 3.05) is 16.8 Å². The Bertz CT molecular complexity index is 636. The highest BCUT2D eigenvalue weighted by Crippen LogP contribution is 2.22. The number of carbonyl (C=O) groups is 1. The highest BCUT2D eigenvalue weighted by Gasteiger charge is 2.06. The number of nitrogen functional groups attached to an aromatic ring is 1. The Morgan fingerprint density at radius 3 is 2.80 bits per heavy atom. The Labute approximate surface area is 128 Å². The van der Waals surface area contributed by atoms with Gasteiger partial charge in [-0.15, -0.1) is 11.8 Å². The van der Waals surface area contributed by atoms with E-state index in [-0.39, 0.29) is 17.3 Å². The fraction of sp³-hybridized carbons (Fsp3) is 0.0714. The first-order valence-electron chi connectivity index (χ1n) is 5.78. The molecule has 0 aliphatic carbocycles. The highest BCUT2D eigenvalue weighted by molar-refractivity contribution is 9.10. The molecule has 0 aliphatic rings. The van der Waals surface area contributed by atoms with E-state index in [1.807, 2.05) is 24.3 Å². The van der Waals surface area contributed by atoms with E-state index in [0.29, 0.717) is 5.69 Å². The lowest BCUT2D eigenvalue weighted by molar-refractivity contribution is -0.113. The Morgan fingerprint density at radius 1 is 1.30 bits per heavy atom. The second-order valence-corrected chi connectivity index (χ2v) is 5.99. The van der Waals surface area contributed by atoms with Gasteiger partial charge in [-0.3, -0.25) is 4.79 Å². The zero-order chi connectivity index (χ0) is 14.5. The van der Waals surface area contributed by atoms with Gasteiger partial charge in [-0.1, -0.05) is 22.0 Å². The van der Waals surface area contributed by atoms with Gasteiger partial charge >= 0.3 is 0 Å². The highest BCUT2D eigenvalue weighted by atomic mass is 79.9. The number of hydrogen-bond acceptors (Lipinski definition) is 3. The van der Waals surface area contributed by atoms with E-state index in [1.54, 1.807) is 0 Å². The Morgan fingerprint density at radius 2 is 2.10 bits per heavy atom. The molecule has 104 valence electrons. The molecular formula is C14H12BrFN2OS. The normalized spacial score (nSPS) is 10.3. The molecule has 2 aromatic rings. The van der Waals surface area contributed by atoms with Gasteiger partial charge in [0.15, 0.2) is 0 Å². The SMILES string of the molecule is Nc1cc(NC(=O)CSc2cccc(Br)c2)ccc1F. The number of nitrogens with one attached hydrogen (secondary N) is 1. The van der Waals surface area contributed by atoms with Crippen molar-refractivity contribution in [3.05, 3.63) is 52.8 Å². The lowest BCUT2D eigenvalue weighted by Gasteiger charge is -2.06. The van der Waals surface area contributed by atoms with Crippen LogP contribution in [-0.2, 0) is 4.79 Å². The average Bonchev–Trinajstić information content (AvgIpc) is 2.41. The largest absolute Gasteiger partial charge is 0.396 e. The molecule has 3 nitrogen and oxygen atoms in total. The third-order valence-corrected chi connectivity index (χ3v) is 3.93. The van der Waals surface area contributed by atoms with Crippen molar-refractivity contribution >= 4 is 45.0 Å². The maximum Gasteiger partial charge on any atom is 0.234 e. The van der Waals surface area contributed by atoms with Crippen molar-refractivity contribution in [2.45, 2.75) is 4.90 Å². The molecule has 20 heavy (non-hydrogen) atoms. The maximum atomic E-state index is 13.0. The molecule has 0 heterocycles. The zero-order valence-corrected chi connectivity index (χ0v) is 12.8. The number of nitrogens with two attached hydrogens (primary N) is 1. The topological polar surface area (TPSA) is 55.1 Å². The smallest absolute Gasteiger partial charge is 0.234 e. The van der Waals surface area contributed by atoms with Crippen LogP contribution in [0.4, 0.5) is 15.8 Å². The minimum atomic E-state index is -0.494. The molecule has 0 bridgehead atoms. The van der Waals surface area contributed by atoms with Crippen LogP contribution in [0.5, 0.6) is 0 Å². The molecule has 2 aromatic carbocycles. The molecule has 0 saturated heterocycles. The number of rotatable bonds is 4. The van der Waals surface area contributed by atoms with Gasteiger partial charge in [0.25, 0.3) is 0 Å². The number of hydrogen-bond donors (Lipinski definition) is 2. The molecular weight excluding hydrogens is 343 g/mol. The second kappa shape index (κ2) is 6.76. The van der Waals surface area contributed by atoms with Crippen molar-refractivity contribution in [3.8, 4) is 0 Å². The molecule has 6 heteroatoms. The van der Waals surface area contributed by atoms with Crippen LogP contribution < -0.4 is 11.1 Å². The summed E-state index contributed by atoms with van der Waals surface area (Å²) >= 11 is 4.80. The van der Waals surface area contributed by atoms with Crippen LogP contribution in [0.2, 0.25) is 0 Å². The van der Waals surface area contributed by atoms with Crippen molar-refractivity contribution in [2.24, 2.45) is 0 Å². The van der Waals surface area contributed by atoms with E-state index in [1.165, 1.54) is 30.0 Å². The van der Waals surface area contributed by atoms with Gasteiger partial charge in [0, 0.05) is 15.1 Å². The van der Waals surface area contributed by atoms with Gasteiger partial charge < -0.3 is 11.1 Å². The van der Waals surface area contributed by atoms with Crippen molar-refractivity contribution in [3.63, 3.8) is 0 Å². The number of thioether (sulfide) groups is 1. The van der Waals surface area contributed by atoms with Gasteiger partial charge in [0.1, 0.15) is 5.82 Å². The second-order valence-electron chi connectivity index (χ2n) is 4.03. The van der Waals surface area contributed by atoms with E-state index in [2.05, 4.69) is 21.2 Å². The number of halogens is 2. The maximum absolute atomic E-state index is 13.0. The predicted molar refractivity (Wildman–Crippen MR) is 84.3 cm³/mol. The molecule has 0 spiro atoms. The standard InChI is InChI=1S/C14H12BrFN2OS/c15-9-2-1-3-11(6-9)20-8-14(19)18-10-4-5-12(16)13(17)7-10/h1-7H,8,17H2,(H,18,19). The number of amides is 1. The summed E-state index contributed by atoms with van der Waals surface area (Å²) in [5.41, 5.74) is 5.95. The minimum Gasteiger partial charge on any atom is -0.396 e. The first kappa shape index (κ1) is 14.9. The summed E-state index contributed by atoms with van der Waals surface area (Å²) in [5.74, 6) is -0.388. The number of carbonyl (C=O) groups excluding carboxylic acids is 1. The minimum absolute atomic E-state index is 0.0162. The molecule has 0 unspecified atom stereocenters. The molecule has 2 rings (SSSR count). The Hall–Kier alpha value is -1.53. The van der Waals surface area contributed by atoms with Crippen molar-refractivity contribution < 1.29 is 9.18 Å². The van der Waals surface area contributed by atoms with Crippen molar-refractivity contribution in [1.82, 2.24) is 0 Å². The van der Waals surface area contributed by atoms with Crippen LogP contribution in [-0.4, -0.2) is 11.7 Å². The van der Waals surface area contributed by atoms with E-state index in [9.17, 15) is 9.18 Å². The molecule has 0 aromatic heterocycles. The third kappa shape index (κ3) is 4.25. The fourth-order valence-corrected chi connectivity index (χ4v) is 2.83. The average molecular weight is 355 g/mol. The van der Waals surface area contributed by atoms with Crippen LogP contribution in [0.1, 0.15) is 0 Å². The van der Waals surface area contributed by atoms with E-state index in [4.69, 9.17) is 5.73 Å². The molecule has 3 N–H and O–H groups in total. The molecule has 0 saturated carbocycles. The van der Waals surface area contributed by atoms with Gasteiger partial charge in [0.2, 0.25) is 5.91 Å². The lowest BCUT2D eigenvalue weighted by atomic mass is 10.2. The van der Waals surface area contributed by atoms with E-state index >= 15 is 0 Å². The predicted octanol–water partition coefficient (Wildman–Crippen LogP) is 3.90. The summed E-state index contributed by atoms with van der Waals surface area (Å²) in [6, 6.07) is 11.8. The summed E-state index contributed by atoms with van der Waals surface area (Å²) in [6.07, 6.45) is 0. The fourth-order valence-electron chi connectivity index (χ4n) is 1.52. The van der Waals surface area contributed by atoms with Crippen LogP contribution in [0.15, 0.2) is 51.8 Å². The summed E-state index contributed by atoms with van der Waals surface area (Å²) < 4.78 is 14.0. The quantitative estimate of drug-likeness (QED) is 0.646. The van der Waals surface area contributed by atoms with Crippen LogP contribution >= 0.6 is 27.7 Å². The molecule has 0 fully saturated rings. The lowest BCUT2D eigenvalue weighted by Crippen LogP contribution is -2.14. The first-order chi connectivity index (χ1) is 9.54. The Kier molecular flexibility index (Phi) is 5.03. The third-order valence-electron chi connectivity index (χ3n) is 2.45. The van der Waals surface area contributed by atoms with Crippen LogP contribution in [0.25, 0.3) is 0 Å². The summed E-state index contributed by atoms with van der Waals surface area (Å²) in [4.78, 5) is 12.8. The molecule has 0 atom stereocenters. The number of anilines is 2. The van der Waals surface area contributed by atoms with Gasteiger partial charge in [0.05, 0.1) is 11.4 Å². The summed E-state index contributed by atoms with van der Waals surface area (Å²) in [5, 5.41) is 2.68. The first-order valence-corrected chi connectivity index (χ1v) is 7.56. The summed E-state index contributed by atoms with van der Waals surface area (Å²) in [6.45, 7) is 0. The van der Waals surface area contributed by atoms with Crippen molar-refractivity contribution in [1.29, 1.82) is 0 Å². The number of benzene rings is 2. The van der Waals surface area contributed by atoms with Gasteiger partial charge in [-0.05, 0) is 36.4 Å².